The van der Waals surface area contributed by atoms with Crippen LogP contribution in [0.15, 0.2) is 22.7 Å². The molecule has 1 aromatic rings. The maximum Gasteiger partial charge on any atom is 0.242 e. The Morgan fingerprint density at radius 1 is 1.55 bits per heavy atom. The van der Waals surface area contributed by atoms with E-state index in [9.17, 15) is 9.59 Å². The molecular formula is C14H14BrN3O2. The van der Waals surface area contributed by atoms with E-state index < -0.39 is 6.04 Å². The Morgan fingerprint density at radius 2 is 2.35 bits per heavy atom. The fourth-order valence-electron chi connectivity index (χ4n) is 2.15. The Balaban J connectivity index is 2.03. The van der Waals surface area contributed by atoms with Crippen LogP contribution in [-0.2, 0) is 16.0 Å². The Morgan fingerprint density at radius 3 is 3.05 bits per heavy atom. The molecule has 1 aliphatic rings. The van der Waals surface area contributed by atoms with Crippen LogP contribution in [0.5, 0.6) is 0 Å². The predicted octanol–water partition coefficient (Wildman–Crippen LogP) is 1.26. The lowest BCUT2D eigenvalue weighted by atomic mass is 10.0. The number of amides is 2. The molecule has 2 rings (SSSR count). The normalized spacial score (nSPS) is 18.0. The van der Waals surface area contributed by atoms with Crippen molar-refractivity contribution in [3.63, 3.8) is 0 Å². The number of rotatable bonds is 3. The number of hydrogen-bond donors (Lipinski definition) is 2. The summed E-state index contributed by atoms with van der Waals surface area (Å²) in [7, 11) is 0. The van der Waals surface area contributed by atoms with Crippen molar-refractivity contribution < 1.29 is 9.59 Å². The van der Waals surface area contributed by atoms with Crippen LogP contribution in [0.2, 0.25) is 0 Å². The lowest BCUT2D eigenvalue weighted by Gasteiger charge is -2.22. The number of benzene rings is 1. The second kappa shape index (κ2) is 6.53. The van der Waals surface area contributed by atoms with Crippen molar-refractivity contribution in [2.75, 3.05) is 6.54 Å². The molecule has 0 saturated carbocycles. The molecule has 0 aliphatic carbocycles. The third kappa shape index (κ3) is 3.58. The highest BCUT2D eigenvalue weighted by Gasteiger charge is 2.23. The summed E-state index contributed by atoms with van der Waals surface area (Å²) in [5.41, 5.74) is 1.12. The summed E-state index contributed by atoms with van der Waals surface area (Å²) >= 11 is 3.32. The second-order valence-electron chi connectivity index (χ2n) is 4.64. The molecule has 6 heteroatoms. The fourth-order valence-corrected chi connectivity index (χ4v) is 2.55. The third-order valence-electron chi connectivity index (χ3n) is 3.16. The monoisotopic (exact) mass is 335 g/mol. The Kier molecular flexibility index (Phi) is 4.74. The van der Waals surface area contributed by atoms with Gasteiger partial charge >= 0.3 is 0 Å². The van der Waals surface area contributed by atoms with E-state index in [4.69, 9.17) is 5.26 Å². The summed E-state index contributed by atoms with van der Waals surface area (Å²) < 4.78 is 0.815. The number of carbonyl (C=O) groups is 2. The van der Waals surface area contributed by atoms with Crippen LogP contribution in [0.25, 0.3) is 0 Å². The molecule has 1 heterocycles. The smallest absolute Gasteiger partial charge is 0.242 e. The topological polar surface area (TPSA) is 82.0 Å². The minimum absolute atomic E-state index is 0.0894. The highest BCUT2D eigenvalue weighted by Crippen LogP contribution is 2.17. The van der Waals surface area contributed by atoms with Gasteiger partial charge in [-0.3, -0.25) is 9.59 Å². The van der Waals surface area contributed by atoms with Crippen LogP contribution in [0, 0.1) is 11.3 Å². The Bertz CT molecular complexity index is 580. The van der Waals surface area contributed by atoms with Gasteiger partial charge in [-0.2, -0.15) is 5.26 Å². The molecule has 1 unspecified atom stereocenters. The van der Waals surface area contributed by atoms with Gasteiger partial charge in [0.2, 0.25) is 11.8 Å². The van der Waals surface area contributed by atoms with Crippen LogP contribution < -0.4 is 10.6 Å². The number of hydrogen-bond acceptors (Lipinski definition) is 3. The third-order valence-corrected chi connectivity index (χ3v) is 3.65. The summed E-state index contributed by atoms with van der Waals surface area (Å²) in [5.74, 6) is -0.388. The van der Waals surface area contributed by atoms with Crippen molar-refractivity contribution >= 4 is 27.7 Å². The molecule has 0 bridgehead atoms. The second-order valence-corrected chi connectivity index (χ2v) is 5.56. The quantitative estimate of drug-likeness (QED) is 0.872. The molecule has 104 valence electrons. The van der Waals surface area contributed by atoms with E-state index in [2.05, 4.69) is 32.6 Å². The summed E-state index contributed by atoms with van der Waals surface area (Å²) in [4.78, 5) is 23.6. The molecule has 5 nitrogen and oxygen atoms in total. The molecule has 20 heavy (non-hydrogen) atoms. The molecule has 1 saturated heterocycles. The summed E-state index contributed by atoms with van der Waals surface area (Å²) in [5, 5.41) is 14.5. The van der Waals surface area contributed by atoms with Gasteiger partial charge in [0.25, 0.3) is 0 Å². The Labute approximate surface area is 125 Å². The van der Waals surface area contributed by atoms with Gasteiger partial charge in [0, 0.05) is 11.0 Å². The van der Waals surface area contributed by atoms with Crippen LogP contribution in [0.4, 0.5) is 0 Å². The molecule has 0 spiro atoms. The van der Waals surface area contributed by atoms with Crippen LogP contribution >= 0.6 is 15.9 Å². The molecule has 1 aromatic carbocycles. The molecule has 1 aliphatic heterocycles. The maximum absolute atomic E-state index is 12.0. The highest BCUT2D eigenvalue weighted by atomic mass is 79.9. The molecule has 1 atom stereocenters. The van der Waals surface area contributed by atoms with E-state index in [1.807, 2.05) is 0 Å². The number of nitrogens with one attached hydrogen (secondary N) is 2. The van der Waals surface area contributed by atoms with Gasteiger partial charge in [-0.25, -0.2) is 0 Å². The van der Waals surface area contributed by atoms with Gasteiger partial charge in [0.1, 0.15) is 6.04 Å². The van der Waals surface area contributed by atoms with E-state index in [1.54, 1.807) is 18.2 Å². The standard InChI is InChI=1S/C14H14BrN3O2/c15-11-4-3-9(8-16)10(6-11)7-13(19)18-12-2-1-5-17-14(12)20/h3-4,6,12H,1-2,5,7H2,(H,17,20)(H,18,19). The van der Waals surface area contributed by atoms with Crippen LogP contribution in [0.1, 0.15) is 24.0 Å². The van der Waals surface area contributed by atoms with Crippen molar-refractivity contribution in [1.82, 2.24) is 10.6 Å². The number of halogens is 1. The van der Waals surface area contributed by atoms with E-state index in [-0.39, 0.29) is 18.2 Å². The molecule has 2 N–H and O–H groups in total. The average molecular weight is 336 g/mol. The van der Waals surface area contributed by atoms with Crippen molar-refractivity contribution in [2.45, 2.75) is 25.3 Å². The van der Waals surface area contributed by atoms with Crippen molar-refractivity contribution in [3.8, 4) is 6.07 Å². The van der Waals surface area contributed by atoms with Crippen LogP contribution in [-0.4, -0.2) is 24.4 Å². The summed E-state index contributed by atoms with van der Waals surface area (Å²) in [6.07, 6.45) is 1.60. The zero-order chi connectivity index (χ0) is 14.5. The van der Waals surface area contributed by atoms with Crippen molar-refractivity contribution in [2.24, 2.45) is 0 Å². The Hall–Kier alpha value is -1.87. The van der Waals surface area contributed by atoms with Gasteiger partial charge in [0.05, 0.1) is 18.1 Å². The van der Waals surface area contributed by atoms with Gasteiger partial charge < -0.3 is 10.6 Å². The van der Waals surface area contributed by atoms with E-state index in [0.717, 1.165) is 10.9 Å². The maximum atomic E-state index is 12.0. The SMILES string of the molecule is N#Cc1ccc(Br)cc1CC(=O)NC1CCCNC1=O. The van der Waals surface area contributed by atoms with Gasteiger partial charge in [-0.1, -0.05) is 15.9 Å². The van der Waals surface area contributed by atoms with Gasteiger partial charge in [-0.15, -0.1) is 0 Å². The van der Waals surface area contributed by atoms with Gasteiger partial charge in [-0.05, 0) is 36.6 Å². The van der Waals surface area contributed by atoms with Crippen molar-refractivity contribution in [1.29, 1.82) is 5.26 Å². The summed E-state index contributed by atoms with van der Waals surface area (Å²) in [6.45, 7) is 0.662. The van der Waals surface area contributed by atoms with Crippen molar-refractivity contribution in [3.05, 3.63) is 33.8 Å². The lowest BCUT2D eigenvalue weighted by molar-refractivity contribution is -0.129. The molecule has 0 aromatic heterocycles. The molecular weight excluding hydrogens is 322 g/mol. The molecule has 0 radical (unpaired) electrons. The number of carbonyl (C=O) groups excluding carboxylic acids is 2. The lowest BCUT2D eigenvalue weighted by Crippen LogP contribution is -2.50. The fraction of sp³-hybridized carbons (Fsp3) is 0.357. The van der Waals surface area contributed by atoms with Crippen LogP contribution in [0.3, 0.4) is 0 Å². The largest absolute Gasteiger partial charge is 0.354 e. The minimum atomic E-state index is -0.464. The first kappa shape index (κ1) is 14.5. The zero-order valence-electron chi connectivity index (χ0n) is 10.8. The van der Waals surface area contributed by atoms with Gasteiger partial charge in [0.15, 0.2) is 0 Å². The number of piperidine rings is 1. The highest BCUT2D eigenvalue weighted by molar-refractivity contribution is 9.10. The van der Waals surface area contributed by atoms with E-state index >= 15 is 0 Å². The van der Waals surface area contributed by atoms with E-state index in [0.29, 0.717) is 24.1 Å². The summed E-state index contributed by atoms with van der Waals surface area (Å²) in [6, 6.07) is 6.77. The number of nitriles is 1. The zero-order valence-corrected chi connectivity index (χ0v) is 12.4. The minimum Gasteiger partial charge on any atom is -0.354 e. The first-order chi connectivity index (χ1) is 9.60. The molecule has 1 fully saturated rings. The van der Waals surface area contributed by atoms with E-state index in [1.165, 1.54) is 0 Å². The first-order valence-electron chi connectivity index (χ1n) is 6.36. The number of nitrogens with zero attached hydrogens (tertiary/aromatic N) is 1. The molecule has 2 amide bonds. The average Bonchev–Trinajstić information content (AvgIpc) is 2.41. The first-order valence-corrected chi connectivity index (χ1v) is 7.15. The predicted molar refractivity (Wildman–Crippen MR) is 76.7 cm³/mol.